The lowest BCUT2D eigenvalue weighted by Gasteiger charge is -2.36. The highest BCUT2D eigenvalue weighted by Crippen LogP contribution is 2.49. The van der Waals surface area contributed by atoms with E-state index in [4.69, 9.17) is 4.74 Å². The number of benzene rings is 1. The van der Waals surface area contributed by atoms with Crippen LogP contribution < -0.4 is 14.7 Å². The molecule has 0 amide bonds. The standard InChI is InChI=1S/C20H21F2N5O3P/c1-26-9-19(25-31(26)29)10-30-15-6-11(2-3-14(15)19)16-13-4-5-20(21,22)17(13)24-18(23-16)27-7-12(28)8-27/h2-3,6,12,28H,4-5,7-10H2,1H3,(H,25,29)/q+1. The van der Waals surface area contributed by atoms with E-state index in [-0.39, 0.29) is 24.5 Å². The average molecular weight is 448 g/mol. The molecule has 8 nitrogen and oxygen atoms in total. The van der Waals surface area contributed by atoms with Crippen LogP contribution in [0, 0.1) is 0 Å². The Bertz CT molecular complexity index is 1130. The van der Waals surface area contributed by atoms with Gasteiger partial charge in [0.2, 0.25) is 5.95 Å². The highest BCUT2D eigenvalue weighted by atomic mass is 31.1. The largest absolute Gasteiger partial charge is 0.535 e. The van der Waals surface area contributed by atoms with Crippen molar-refractivity contribution in [3.05, 3.63) is 35.0 Å². The maximum atomic E-state index is 14.5. The number of nitrogens with one attached hydrogen (secondary N) is 1. The first kappa shape index (κ1) is 19.4. The summed E-state index contributed by atoms with van der Waals surface area (Å²) < 4.78 is 49.0. The zero-order chi connectivity index (χ0) is 21.5. The molecule has 1 aliphatic carbocycles. The van der Waals surface area contributed by atoms with Crippen LogP contribution in [0.5, 0.6) is 5.75 Å². The van der Waals surface area contributed by atoms with Gasteiger partial charge in [0.05, 0.1) is 18.3 Å². The molecule has 2 unspecified atom stereocenters. The Morgan fingerprint density at radius 2 is 2.13 bits per heavy atom. The van der Waals surface area contributed by atoms with Gasteiger partial charge in [-0.3, -0.25) is 0 Å². The van der Waals surface area contributed by atoms with Crippen molar-refractivity contribution in [2.45, 2.75) is 30.4 Å². The molecule has 0 bridgehead atoms. The molecule has 2 atom stereocenters. The molecule has 4 aliphatic rings. The number of alkyl halides is 2. The van der Waals surface area contributed by atoms with Crippen LogP contribution in [0.2, 0.25) is 0 Å². The molecule has 4 heterocycles. The van der Waals surface area contributed by atoms with Crippen LogP contribution in [0.15, 0.2) is 18.2 Å². The van der Waals surface area contributed by atoms with E-state index >= 15 is 0 Å². The van der Waals surface area contributed by atoms with Gasteiger partial charge in [-0.25, -0.2) is 9.97 Å². The molecule has 2 aromatic rings. The first-order valence-corrected chi connectivity index (χ1v) is 11.4. The van der Waals surface area contributed by atoms with E-state index < -0.39 is 25.7 Å². The van der Waals surface area contributed by atoms with Gasteiger partial charge in [0, 0.05) is 43.2 Å². The van der Waals surface area contributed by atoms with Gasteiger partial charge in [0.25, 0.3) is 5.92 Å². The van der Waals surface area contributed by atoms with Crippen molar-refractivity contribution in [2.75, 3.05) is 38.2 Å². The molecular weight excluding hydrogens is 427 g/mol. The van der Waals surface area contributed by atoms with Crippen LogP contribution in [0.3, 0.4) is 0 Å². The van der Waals surface area contributed by atoms with Crippen molar-refractivity contribution in [1.82, 2.24) is 19.7 Å². The smallest absolute Gasteiger partial charge is 0.491 e. The van der Waals surface area contributed by atoms with Crippen LogP contribution in [-0.2, 0) is 22.4 Å². The number of hydrogen-bond acceptors (Lipinski definition) is 6. The molecule has 162 valence electrons. The Kier molecular flexibility index (Phi) is 4.00. The third kappa shape index (κ3) is 2.82. The Morgan fingerprint density at radius 1 is 1.32 bits per heavy atom. The lowest BCUT2D eigenvalue weighted by atomic mass is 9.91. The third-order valence-corrected chi connectivity index (χ3v) is 7.92. The molecule has 11 heteroatoms. The van der Waals surface area contributed by atoms with Gasteiger partial charge in [0.15, 0.2) is 0 Å². The predicted octanol–water partition coefficient (Wildman–Crippen LogP) is 2.14. The van der Waals surface area contributed by atoms with Gasteiger partial charge in [-0.2, -0.15) is 8.78 Å². The number of aliphatic hydroxyl groups excluding tert-OH is 1. The Morgan fingerprint density at radius 3 is 2.84 bits per heavy atom. The van der Waals surface area contributed by atoms with Crippen LogP contribution in [-0.4, -0.2) is 59.1 Å². The topological polar surface area (TPSA) is 90.8 Å². The van der Waals surface area contributed by atoms with Gasteiger partial charge < -0.3 is 14.7 Å². The lowest BCUT2D eigenvalue weighted by Crippen LogP contribution is -2.51. The van der Waals surface area contributed by atoms with Crippen LogP contribution in [0.1, 0.15) is 23.2 Å². The van der Waals surface area contributed by atoms with Gasteiger partial charge in [-0.05, 0) is 17.1 Å². The molecule has 2 saturated heterocycles. The molecule has 2 fully saturated rings. The maximum Gasteiger partial charge on any atom is 0.535 e. The number of aliphatic hydroxyl groups is 1. The Balaban J connectivity index is 1.44. The number of fused-ring (bicyclic) bond motifs is 3. The summed E-state index contributed by atoms with van der Waals surface area (Å²) in [5.41, 5.74) is 1.78. The molecular formula is C20H21F2N5O3P+. The Hall–Kier alpha value is -2.26. The number of ether oxygens (including phenoxy) is 1. The molecule has 1 aromatic heterocycles. The van der Waals surface area contributed by atoms with E-state index in [9.17, 15) is 18.5 Å². The monoisotopic (exact) mass is 448 g/mol. The second kappa shape index (κ2) is 6.38. The lowest BCUT2D eigenvalue weighted by molar-refractivity contribution is -0.00597. The molecule has 2 N–H and O–H groups in total. The van der Waals surface area contributed by atoms with E-state index in [2.05, 4.69) is 15.1 Å². The normalized spacial score (nSPS) is 28.0. The number of β-amino-alcohol motifs (C(OH)–C–C–N with tert-alkyl or cyclic N) is 1. The van der Waals surface area contributed by atoms with Gasteiger partial charge in [-0.15, -0.1) is 0 Å². The average Bonchev–Trinajstić information content (AvgIpc) is 3.32. The van der Waals surface area contributed by atoms with Crippen molar-refractivity contribution in [3.63, 3.8) is 0 Å². The van der Waals surface area contributed by atoms with Crippen molar-refractivity contribution in [1.29, 1.82) is 0 Å². The summed E-state index contributed by atoms with van der Waals surface area (Å²) in [5.74, 6) is -2.14. The maximum absolute atomic E-state index is 14.5. The second-order valence-electron chi connectivity index (χ2n) is 8.74. The second-order valence-corrected chi connectivity index (χ2v) is 10.2. The number of hydrogen-bond donors (Lipinski definition) is 2. The van der Waals surface area contributed by atoms with Crippen LogP contribution >= 0.6 is 8.10 Å². The van der Waals surface area contributed by atoms with Gasteiger partial charge in [-0.1, -0.05) is 21.9 Å². The molecule has 31 heavy (non-hydrogen) atoms. The summed E-state index contributed by atoms with van der Waals surface area (Å²) in [7, 11) is 0.133. The van der Waals surface area contributed by atoms with Crippen molar-refractivity contribution in [2.24, 2.45) is 0 Å². The third-order valence-electron chi connectivity index (χ3n) is 6.54. The predicted molar refractivity (Wildman–Crippen MR) is 108 cm³/mol. The van der Waals surface area contributed by atoms with E-state index in [1.165, 1.54) is 0 Å². The summed E-state index contributed by atoms with van der Waals surface area (Å²) in [4.78, 5) is 10.5. The Labute approximate surface area is 178 Å². The SMILES string of the molecule is CN1CC2(COc3cc(-c4nc(N5CC(O)C5)nc5c4CCC5(F)F)ccc32)N[P+]1=O. The van der Waals surface area contributed by atoms with E-state index in [1.807, 2.05) is 18.2 Å². The fourth-order valence-corrected chi connectivity index (χ4v) is 6.02. The molecule has 1 aromatic carbocycles. The summed E-state index contributed by atoms with van der Waals surface area (Å²) in [6.45, 7) is 1.58. The van der Waals surface area contributed by atoms with Crippen molar-refractivity contribution in [3.8, 4) is 17.0 Å². The van der Waals surface area contributed by atoms with Gasteiger partial charge >= 0.3 is 8.10 Å². The zero-order valence-corrected chi connectivity index (χ0v) is 17.7. The number of rotatable bonds is 2. The number of aromatic nitrogens is 2. The fraction of sp³-hybridized carbons (Fsp3) is 0.500. The minimum Gasteiger partial charge on any atom is -0.491 e. The van der Waals surface area contributed by atoms with Gasteiger partial charge in [0.1, 0.15) is 23.6 Å². The first-order chi connectivity index (χ1) is 14.8. The summed E-state index contributed by atoms with van der Waals surface area (Å²) in [6, 6.07) is 5.59. The minimum absolute atomic E-state index is 0.204. The molecule has 6 rings (SSSR count). The highest BCUT2D eigenvalue weighted by Gasteiger charge is 2.56. The van der Waals surface area contributed by atoms with Crippen LogP contribution in [0.25, 0.3) is 11.3 Å². The van der Waals surface area contributed by atoms with Crippen molar-refractivity contribution < 1.29 is 23.2 Å². The quantitative estimate of drug-likeness (QED) is 0.676. The van der Waals surface area contributed by atoms with E-state index in [0.29, 0.717) is 48.8 Å². The molecule has 0 saturated carbocycles. The fourth-order valence-electron chi connectivity index (χ4n) is 4.86. The van der Waals surface area contributed by atoms with Crippen LogP contribution in [0.4, 0.5) is 14.7 Å². The number of anilines is 1. The van der Waals surface area contributed by atoms with E-state index in [0.717, 1.165) is 5.56 Å². The summed E-state index contributed by atoms with van der Waals surface area (Å²) in [6.07, 6.45) is -0.576. The summed E-state index contributed by atoms with van der Waals surface area (Å²) >= 11 is 0. The minimum atomic E-state index is -2.99. The molecule has 1 spiro atoms. The highest BCUT2D eigenvalue weighted by molar-refractivity contribution is 7.40. The molecule has 3 aliphatic heterocycles. The summed E-state index contributed by atoms with van der Waals surface area (Å²) in [5, 5.41) is 12.8. The molecule has 0 radical (unpaired) electrons. The number of halogens is 2. The number of likely N-dealkylation sites (N-methyl/N-ethyl adjacent to an activating group) is 1. The van der Waals surface area contributed by atoms with Crippen molar-refractivity contribution >= 4 is 14.1 Å². The number of nitrogens with zero attached hydrogens (tertiary/aromatic N) is 4. The van der Waals surface area contributed by atoms with E-state index in [1.54, 1.807) is 16.6 Å². The zero-order valence-electron chi connectivity index (χ0n) is 16.8. The first-order valence-electron chi connectivity index (χ1n) is 10.2.